The monoisotopic (exact) mass is 979 g/mol. The topological polar surface area (TPSA) is 562 Å². The van der Waals surface area contributed by atoms with E-state index in [1.165, 1.54) is 30.3 Å². The highest BCUT2D eigenvalue weighted by atomic mass is 16.6. The number of rotatable bonds is 23. The Morgan fingerprint density at radius 1 is 0.629 bits per heavy atom. The molecule has 0 aliphatic rings. The molecule has 6 amide bonds. The van der Waals surface area contributed by atoms with Crippen molar-refractivity contribution in [2.24, 2.45) is 28.7 Å². The zero-order valence-electron chi connectivity index (χ0n) is 36.7. The maximum Gasteiger partial charge on any atom is 0.318 e. The molecule has 0 saturated heterocycles. The van der Waals surface area contributed by atoms with Crippen LogP contribution in [0.5, 0.6) is 0 Å². The van der Waals surface area contributed by atoms with E-state index in [0.717, 1.165) is 10.6 Å². The van der Waals surface area contributed by atoms with Crippen molar-refractivity contribution >= 4 is 82.2 Å². The molecule has 6 unspecified atom stereocenters. The molecule has 0 aliphatic carbocycles. The number of carbonyl (C=O) groups excluding carboxylic acids is 6. The van der Waals surface area contributed by atoms with Gasteiger partial charge in [-0.3, -0.25) is 70.6 Å². The second-order valence-corrected chi connectivity index (χ2v) is 14.4. The summed E-state index contributed by atoms with van der Waals surface area (Å²) in [5, 5.41) is 84.4. The Labute approximate surface area is 394 Å². The van der Waals surface area contributed by atoms with E-state index >= 15 is 0 Å². The van der Waals surface area contributed by atoms with Crippen LogP contribution in [0.15, 0.2) is 66.9 Å². The normalized spacial score (nSPS) is 13.0. The second-order valence-electron chi connectivity index (χ2n) is 14.4. The first-order chi connectivity index (χ1) is 32.8. The van der Waals surface area contributed by atoms with Crippen LogP contribution in [-0.4, -0.2) is 124 Å². The Morgan fingerprint density at radius 2 is 1.07 bits per heavy atom. The van der Waals surface area contributed by atoms with E-state index in [2.05, 4.69) is 26.3 Å². The van der Waals surface area contributed by atoms with Gasteiger partial charge in [0.15, 0.2) is 48.5 Å². The Hall–Kier alpha value is -10.2. The van der Waals surface area contributed by atoms with Crippen molar-refractivity contribution in [1.29, 1.82) is 21.6 Å². The van der Waals surface area contributed by atoms with Crippen LogP contribution < -0.4 is 86.3 Å². The van der Waals surface area contributed by atoms with E-state index in [0.29, 0.717) is 17.8 Å². The molecule has 70 heavy (non-hydrogen) atoms. The third-order valence-electron chi connectivity index (χ3n) is 8.95. The number of amides is 6. The fourth-order valence-corrected chi connectivity index (χ4v) is 5.77. The maximum absolute atomic E-state index is 14.2. The molecule has 374 valence electrons. The van der Waals surface area contributed by atoms with E-state index in [1.54, 1.807) is 43.3 Å². The van der Waals surface area contributed by atoms with Gasteiger partial charge in [-0.05, 0) is 23.3 Å². The second kappa shape index (κ2) is 24.4. The lowest BCUT2D eigenvalue weighted by Gasteiger charge is -2.30. The summed E-state index contributed by atoms with van der Waals surface area (Å²) in [5.41, 5.74) is 26.0. The van der Waals surface area contributed by atoms with Crippen LogP contribution in [0.4, 0.5) is 22.9 Å². The number of nitrogens with one attached hydrogen (secondary N) is 13. The summed E-state index contributed by atoms with van der Waals surface area (Å²) >= 11 is 0. The number of pyridine rings is 1. The Bertz CT molecular complexity index is 2510. The predicted octanol–water partition coefficient (Wildman–Crippen LogP) is -6.67. The molecule has 3 aromatic rings. The van der Waals surface area contributed by atoms with Crippen LogP contribution in [0.3, 0.4) is 0 Å². The first-order valence-corrected chi connectivity index (χ1v) is 19.6. The number of nitro groups is 2. The Balaban J connectivity index is 2.00. The molecule has 24 N–H and O–H groups in total. The molecule has 0 aliphatic heterocycles. The Kier molecular flexibility index (Phi) is 18.9. The number of carbonyl (C=O) groups is 6. The number of aliphatic hydroxyl groups excluding tert-OH is 1. The molecule has 0 saturated carbocycles. The molecule has 2 aromatic carbocycles. The number of aliphatic hydroxyl groups is 1. The number of hydrogen-bond donors (Lipinski definition) is 19. The van der Waals surface area contributed by atoms with Crippen molar-refractivity contribution in [1.82, 2.24) is 52.8 Å². The number of aromatic nitrogens is 1. The van der Waals surface area contributed by atoms with Gasteiger partial charge < -0.3 is 91.4 Å². The molecule has 0 spiro atoms. The standard InChI is InChI=1S/C36H49N23O11/c1-56(2)17-10-8-15(9-11-17)14-57(26-19(59(69)70)12-18(13-46-26)58(67)68)32(66)31(65)47-20(16-6-4-3-5-7-16)27(61)49-23(53-34(40)41)29(63)51-25(55-36(44)45)30(64)50-24(54-35(42)43)28(62)48-22(21(37)60)52-33(38)39/h3-13,20,22-25,32,66H,14H2,1-2H3,(H2,37,60)(H,47,65)(H,48,62)(H,49,61)(H,50,64)(H,51,63)(H4,38,39,52)(H4,40,41,53)(H4,42,43,54)(H4,44,45,55). The van der Waals surface area contributed by atoms with Gasteiger partial charge in [0.1, 0.15) is 12.2 Å². The highest BCUT2D eigenvalue weighted by molar-refractivity contribution is 5.99. The van der Waals surface area contributed by atoms with E-state index in [9.17, 15) is 54.1 Å². The fourth-order valence-electron chi connectivity index (χ4n) is 5.77. The van der Waals surface area contributed by atoms with Gasteiger partial charge in [0.05, 0.1) is 15.9 Å². The summed E-state index contributed by atoms with van der Waals surface area (Å²) in [5.74, 6) is -12.5. The number of primary amides is 1. The van der Waals surface area contributed by atoms with Crippen LogP contribution in [0, 0.1) is 41.9 Å². The van der Waals surface area contributed by atoms with Crippen LogP contribution in [-0.2, 0) is 35.3 Å². The fraction of sp³-hybridized carbons (Fsp3) is 0.250. The molecule has 34 heteroatoms. The maximum atomic E-state index is 14.2. The first kappa shape index (κ1) is 54.2. The molecular formula is C36H49N23O11. The lowest BCUT2D eigenvalue weighted by molar-refractivity contribution is -0.394. The Morgan fingerprint density at radius 3 is 1.49 bits per heavy atom. The average Bonchev–Trinajstić information content (AvgIpc) is 3.28. The molecule has 3 rings (SSSR count). The summed E-state index contributed by atoms with van der Waals surface area (Å²) in [6.45, 7) is -0.481. The summed E-state index contributed by atoms with van der Waals surface area (Å²) in [4.78, 5) is 109. The minimum Gasteiger partial charge on any atom is -0.378 e. The van der Waals surface area contributed by atoms with Crippen LogP contribution >= 0.6 is 0 Å². The van der Waals surface area contributed by atoms with Gasteiger partial charge in [0.2, 0.25) is 18.0 Å². The van der Waals surface area contributed by atoms with E-state index in [1.807, 2.05) is 26.6 Å². The van der Waals surface area contributed by atoms with Gasteiger partial charge in [-0.2, -0.15) is 0 Å². The van der Waals surface area contributed by atoms with Gasteiger partial charge >= 0.3 is 5.69 Å². The zero-order valence-corrected chi connectivity index (χ0v) is 36.7. The molecule has 0 fully saturated rings. The third-order valence-corrected chi connectivity index (χ3v) is 8.95. The minimum atomic E-state index is -2.44. The number of benzene rings is 2. The number of guanidine groups is 4. The highest BCUT2D eigenvalue weighted by Crippen LogP contribution is 2.32. The smallest absolute Gasteiger partial charge is 0.318 e. The summed E-state index contributed by atoms with van der Waals surface area (Å²) in [7, 11) is 3.51. The van der Waals surface area contributed by atoms with Crippen molar-refractivity contribution in [3.05, 3.63) is 98.2 Å². The summed E-state index contributed by atoms with van der Waals surface area (Å²) < 4.78 is 0. The number of nitrogens with zero attached hydrogens (tertiary/aromatic N) is 5. The van der Waals surface area contributed by atoms with Crippen LogP contribution in [0.1, 0.15) is 17.2 Å². The van der Waals surface area contributed by atoms with Crippen molar-refractivity contribution in [3.63, 3.8) is 0 Å². The molecular weight excluding hydrogens is 931 g/mol. The summed E-state index contributed by atoms with van der Waals surface area (Å²) in [6, 6.07) is 12.2. The lowest BCUT2D eigenvalue weighted by atomic mass is 10.1. The molecule has 1 aromatic heterocycles. The number of hydrogen-bond acceptors (Lipinski definition) is 18. The predicted molar refractivity (Wildman–Crippen MR) is 245 cm³/mol. The number of anilines is 2. The number of nitrogens with two attached hydrogens (primary N) is 5. The van der Waals surface area contributed by atoms with E-state index in [4.69, 9.17) is 50.3 Å². The van der Waals surface area contributed by atoms with Gasteiger partial charge in [-0.15, -0.1) is 0 Å². The lowest BCUT2D eigenvalue weighted by Crippen LogP contribution is -2.68. The van der Waals surface area contributed by atoms with Crippen LogP contribution in [0.25, 0.3) is 0 Å². The van der Waals surface area contributed by atoms with Gasteiger partial charge in [0.25, 0.3) is 35.2 Å². The first-order valence-electron chi connectivity index (χ1n) is 19.6. The molecule has 6 atom stereocenters. The SMILES string of the molecule is CN(C)c1ccc(CN(c2ncc([N+](=O)[O-])cc2[N+](=O)[O-])C(O)C(=O)NC(C(=O)NC(NC(=N)N)C(=O)NC(NC(=N)N)C(=O)NC(NC(=N)N)C(=O)NC(NC(=N)N)C(N)=O)c2ccccc2)cc1. The van der Waals surface area contributed by atoms with Gasteiger partial charge in [-0.25, -0.2) is 4.98 Å². The molecule has 0 radical (unpaired) electrons. The molecule has 1 heterocycles. The van der Waals surface area contributed by atoms with Crippen LogP contribution in [0.2, 0.25) is 0 Å². The highest BCUT2D eigenvalue weighted by Gasteiger charge is 2.37. The van der Waals surface area contributed by atoms with E-state index < -0.39 is 130 Å². The van der Waals surface area contributed by atoms with Gasteiger partial charge in [-0.1, -0.05) is 42.5 Å². The summed E-state index contributed by atoms with van der Waals surface area (Å²) in [6.07, 6.45) is -9.99. The minimum absolute atomic E-state index is 0.0114. The van der Waals surface area contributed by atoms with E-state index in [-0.39, 0.29) is 5.56 Å². The van der Waals surface area contributed by atoms with Gasteiger partial charge in [0, 0.05) is 26.3 Å². The molecule has 0 bridgehead atoms. The van der Waals surface area contributed by atoms with Crippen molar-refractivity contribution in [3.8, 4) is 0 Å². The quantitative estimate of drug-likeness (QED) is 0.0138. The van der Waals surface area contributed by atoms with Crippen molar-refractivity contribution in [2.45, 2.75) is 43.5 Å². The van der Waals surface area contributed by atoms with Crippen molar-refractivity contribution in [2.75, 3.05) is 23.9 Å². The largest absolute Gasteiger partial charge is 0.378 e. The molecule has 34 nitrogen and oxygen atoms in total. The zero-order chi connectivity index (χ0) is 52.6. The average molecular weight is 980 g/mol. The van der Waals surface area contributed by atoms with Crippen molar-refractivity contribution < 1.29 is 43.7 Å². The third kappa shape index (κ3) is 15.8.